The van der Waals surface area contributed by atoms with Gasteiger partial charge in [-0.3, -0.25) is 0 Å². The van der Waals surface area contributed by atoms with Gasteiger partial charge < -0.3 is 9.84 Å². The molecule has 0 fully saturated rings. The minimum absolute atomic E-state index is 0.0704. The lowest BCUT2D eigenvalue weighted by atomic mass is 10.1. The largest absolute Gasteiger partial charge is 0.478 e. The van der Waals surface area contributed by atoms with Crippen molar-refractivity contribution in [1.29, 1.82) is 5.26 Å². The maximum Gasteiger partial charge on any atom is 0.335 e. The summed E-state index contributed by atoms with van der Waals surface area (Å²) in [6.45, 7) is 3.51. The van der Waals surface area contributed by atoms with Crippen molar-refractivity contribution in [3.63, 3.8) is 0 Å². The zero-order chi connectivity index (χ0) is 15.6. The van der Waals surface area contributed by atoms with Gasteiger partial charge in [-0.25, -0.2) is 4.79 Å². The molecule has 2 aromatic rings. The molecule has 106 valence electrons. The molecule has 0 aliphatic heterocycles. The maximum absolute atomic E-state index is 11.0. The highest BCUT2D eigenvalue weighted by Crippen LogP contribution is 2.29. The van der Waals surface area contributed by atoms with Gasteiger partial charge >= 0.3 is 5.97 Å². The van der Waals surface area contributed by atoms with Crippen LogP contribution in [0.15, 0.2) is 18.2 Å². The summed E-state index contributed by atoms with van der Waals surface area (Å²) in [7, 11) is 0. The van der Waals surface area contributed by atoms with Crippen molar-refractivity contribution in [3.8, 4) is 17.7 Å². The van der Waals surface area contributed by atoms with E-state index in [1.54, 1.807) is 19.9 Å². The topological polar surface area (TPSA) is 96.1 Å². The third-order valence-corrected chi connectivity index (χ3v) is 3.81. The molecule has 0 amide bonds. The second kappa shape index (κ2) is 6.05. The van der Waals surface area contributed by atoms with Crippen LogP contribution in [0.25, 0.3) is 0 Å². The van der Waals surface area contributed by atoms with E-state index < -0.39 is 5.97 Å². The molecule has 0 aliphatic carbocycles. The van der Waals surface area contributed by atoms with Crippen LogP contribution >= 0.6 is 22.6 Å². The molecule has 0 atom stereocenters. The normalized spacial score (nSPS) is 10.0. The van der Waals surface area contributed by atoms with E-state index >= 15 is 0 Å². The second-order valence-corrected chi connectivity index (χ2v) is 5.42. The van der Waals surface area contributed by atoms with E-state index in [0.29, 0.717) is 26.1 Å². The van der Waals surface area contributed by atoms with Gasteiger partial charge in [-0.1, -0.05) is 0 Å². The van der Waals surface area contributed by atoms with Crippen LogP contribution in [0.5, 0.6) is 11.6 Å². The number of benzene rings is 1. The van der Waals surface area contributed by atoms with Crippen molar-refractivity contribution in [1.82, 2.24) is 10.2 Å². The number of halogens is 1. The van der Waals surface area contributed by atoms with E-state index in [0.717, 1.165) is 0 Å². The predicted molar refractivity (Wildman–Crippen MR) is 82.4 cm³/mol. The van der Waals surface area contributed by atoms with Crippen LogP contribution < -0.4 is 4.74 Å². The van der Waals surface area contributed by atoms with Crippen molar-refractivity contribution >= 4 is 28.6 Å². The van der Waals surface area contributed by atoms with E-state index in [2.05, 4.69) is 10.2 Å². The SMILES string of the molecule is Cc1nnc(Oc2cc(C(=O)O)ccc2I)c(C#N)c1C. The molecule has 0 spiro atoms. The highest BCUT2D eigenvalue weighted by Gasteiger charge is 2.15. The molecule has 0 unspecified atom stereocenters. The van der Waals surface area contributed by atoms with Gasteiger partial charge in [0.05, 0.1) is 14.8 Å². The lowest BCUT2D eigenvalue weighted by Crippen LogP contribution is -2.02. The summed E-state index contributed by atoms with van der Waals surface area (Å²) in [4.78, 5) is 11.0. The molecule has 0 bridgehead atoms. The van der Waals surface area contributed by atoms with Gasteiger partial charge in [0.15, 0.2) is 0 Å². The quantitative estimate of drug-likeness (QED) is 0.803. The molecule has 2 rings (SSSR count). The zero-order valence-corrected chi connectivity index (χ0v) is 13.4. The lowest BCUT2D eigenvalue weighted by Gasteiger charge is -2.10. The number of hydrogen-bond donors (Lipinski definition) is 1. The Balaban J connectivity index is 2.48. The summed E-state index contributed by atoms with van der Waals surface area (Å²) < 4.78 is 6.30. The van der Waals surface area contributed by atoms with Crippen LogP contribution in [0, 0.1) is 28.7 Å². The first-order valence-corrected chi connectivity index (χ1v) is 6.96. The summed E-state index contributed by atoms with van der Waals surface area (Å²) >= 11 is 2.02. The third-order valence-electron chi connectivity index (χ3n) is 2.92. The van der Waals surface area contributed by atoms with Crippen molar-refractivity contribution < 1.29 is 14.6 Å². The van der Waals surface area contributed by atoms with E-state index in [1.807, 2.05) is 28.7 Å². The van der Waals surface area contributed by atoms with E-state index in [-0.39, 0.29) is 11.4 Å². The summed E-state index contributed by atoms with van der Waals surface area (Å²) in [5.74, 6) is -0.659. The molecule has 1 N–H and O–H groups in total. The minimum atomic E-state index is -1.05. The number of nitrogens with zero attached hydrogens (tertiary/aromatic N) is 3. The molecule has 0 saturated heterocycles. The monoisotopic (exact) mass is 395 g/mol. The fraction of sp³-hybridized carbons (Fsp3) is 0.143. The smallest absolute Gasteiger partial charge is 0.335 e. The molecule has 7 heteroatoms. The Bertz CT molecular complexity index is 769. The number of carboxylic acids is 1. The van der Waals surface area contributed by atoms with Crippen LogP contribution in [-0.2, 0) is 0 Å². The number of nitriles is 1. The number of aromatic carboxylic acids is 1. The molecule has 21 heavy (non-hydrogen) atoms. The zero-order valence-electron chi connectivity index (χ0n) is 11.2. The second-order valence-electron chi connectivity index (χ2n) is 4.25. The van der Waals surface area contributed by atoms with Crippen LogP contribution in [0.3, 0.4) is 0 Å². The minimum Gasteiger partial charge on any atom is -0.478 e. The van der Waals surface area contributed by atoms with E-state index in [4.69, 9.17) is 9.84 Å². The van der Waals surface area contributed by atoms with E-state index in [1.165, 1.54) is 12.1 Å². The number of hydrogen-bond acceptors (Lipinski definition) is 5. The van der Waals surface area contributed by atoms with Crippen LogP contribution in [0.1, 0.15) is 27.2 Å². The van der Waals surface area contributed by atoms with Gasteiger partial charge in [-0.15, -0.1) is 5.10 Å². The number of carbonyl (C=O) groups is 1. The Hall–Kier alpha value is -2.21. The molecule has 0 saturated carbocycles. The van der Waals surface area contributed by atoms with Crippen LogP contribution in [0.4, 0.5) is 0 Å². The van der Waals surface area contributed by atoms with Crippen LogP contribution in [0.2, 0.25) is 0 Å². The van der Waals surface area contributed by atoms with Gasteiger partial charge in [0, 0.05) is 0 Å². The highest BCUT2D eigenvalue weighted by molar-refractivity contribution is 14.1. The number of carboxylic acid groups (broad SMARTS) is 1. The Kier molecular flexibility index (Phi) is 4.37. The average molecular weight is 395 g/mol. The maximum atomic E-state index is 11.0. The number of aromatic nitrogens is 2. The molecule has 0 radical (unpaired) electrons. The van der Waals surface area contributed by atoms with Crippen molar-refractivity contribution in [2.24, 2.45) is 0 Å². The van der Waals surface area contributed by atoms with Gasteiger partial charge in [-0.2, -0.15) is 10.4 Å². The molecule has 1 aromatic heterocycles. The lowest BCUT2D eigenvalue weighted by molar-refractivity contribution is 0.0696. The Morgan fingerprint density at radius 1 is 1.38 bits per heavy atom. The first-order chi connectivity index (χ1) is 9.93. The molecule has 1 aromatic carbocycles. The molecule has 1 heterocycles. The predicted octanol–water partition coefficient (Wildman–Crippen LogP) is 3.06. The average Bonchev–Trinajstić information content (AvgIpc) is 2.45. The fourth-order valence-electron chi connectivity index (χ4n) is 1.61. The van der Waals surface area contributed by atoms with Gasteiger partial charge in [0.25, 0.3) is 5.88 Å². The summed E-state index contributed by atoms with van der Waals surface area (Å²) in [6.07, 6.45) is 0. The molecular formula is C14H10IN3O3. The molecule has 6 nitrogen and oxygen atoms in total. The summed E-state index contributed by atoms with van der Waals surface area (Å²) in [5, 5.41) is 26.0. The first-order valence-electron chi connectivity index (χ1n) is 5.88. The van der Waals surface area contributed by atoms with Crippen molar-refractivity contribution in [3.05, 3.63) is 44.2 Å². The fourth-order valence-corrected chi connectivity index (χ4v) is 2.05. The Morgan fingerprint density at radius 2 is 2.10 bits per heavy atom. The Morgan fingerprint density at radius 3 is 2.71 bits per heavy atom. The third kappa shape index (κ3) is 3.11. The van der Waals surface area contributed by atoms with Crippen LogP contribution in [-0.4, -0.2) is 21.3 Å². The van der Waals surface area contributed by atoms with Gasteiger partial charge in [0.1, 0.15) is 17.4 Å². The van der Waals surface area contributed by atoms with Gasteiger partial charge in [0.2, 0.25) is 0 Å². The standard InChI is InChI=1S/C14H10IN3O3/c1-7-8(2)17-18-13(10(7)6-16)21-12-5-9(14(19)20)3-4-11(12)15/h3-5H,1-2H3,(H,19,20). The number of ether oxygens (including phenoxy) is 1. The molecule has 0 aliphatic rings. The van der Waals surface area contributed by atoms with Gasteiger partial charge in [-0.05, 0) is 60.2 Å². The summed E-state index contributed by atoms with van der Waals surface area (Å²) in [5.41, 5.74) is 1.72. The first kappa shape index (κ1) is 15.2. The number of rotatable bonds is 3. The van der Waals surface area contributed by atoms with Crippen molar-refractivity contribution in [2.75, 3.05) is 0 Å². The summed E-state index contributed by atoms with van der Waals surface area (Å²) in [6, 6.07) is 6.53. The Labute approximate surface area is 134 Å². The highest BCUT2D eigenvalue weighted by atomic mass is 127. The molecular weight excluding hydrogens is 385 g/mol. The van der Waals surface area contributed by atoms with E-state index in [9.17, 15) is 10.1 Å². The van der Waals surface area contributed by atoms with Crippen molar-refractivity contribution in [2.45, 2.75) is 13.8 Å². The number of aryl methyl sites for hydroxylation is 1.